The van der Waals surface area contributed by atoms with Gasteiger partial charge in [-0.15, -0.1) is 0 Å². The lowest BCUT2D eigenvalue weighted by molar-refractivity contribution is -0.144. The van der Waals surface area contributed by atoms with Gasteiger partial charge in [0.15, 0.2) is 0 Å². The number of ether oxygens (including phenoxy) is 1. The second-order valence-electron chi connectivity index (χ2n) is 6.67. The molecule has 2 aliphatic rings. The second kappa shape index (κ2) is 6.70. The lowest BCUT2D eigenvalue weighted by Crippen LogP contribution is -2.43. The van der Waals surface area contributed by atoms with Crippen molar-refractivity contribution in [2.45, 2.75) is 32.0 Å². The maximum absolute atomic E-state index is 12.9. The summed E-state index contributed by atoms with van der Waals surface area (Å²) in [7, 11) is 0. The first-order valence-electron chi connectivity index (χ1n) is 8.64. The van der Waals surface area contributed by atoms with Crippen LogP contribution in [0.1, 0.15) is 40.6 Å². The van der Waals surface area contributed by atoms with Crippen molar-refractivity contribution in [2.24, 2.45) is 0 Å². The zero-order chi connectivity index (χ0) is 19.1. The van der Waals surface area contributed by atoms with E-state index in [9.17, 15) is 14.4 Å². The normalized spacial score (nSPS) is 21.2. The largest absolute Gasteiger partial charge is 0.433 e. The molecule has 6 nitrogen and oxygen atoms in total. The van der Waals surface area contributed by atoms with Gasteiger partial charge in [-0.2, -0.15) is 0 Å². The van der Waals surface area contributed by atoms with Gasteiger partial charge in [-0.3, -0.25) is 14.5 Å². The maximum Gasteiger partial charge on any atom is 0.340 e. The quantitative estimate of drug-likeness (QED) is 0.822. The first-order chi connectivity index (χ1) is 13.0. The third-order valence-corrected chi connectivity index (χ3v) is 5.17. The van der Waals surface area contributed by atoms with Gasteiger partial charge >= 0.3 is 5.97 Å². The summed E-state index contributed by atoms with van der Waals surface area (Å²) < 4.78 is 5.42. The molecule has 2 aromatic rings. The van der Waals surface area contributed by atoms with Crippen molar-refractivity contribution in [3.8, 4) is 0 Å². The number of halogens is 1. The molecule has 2 amide bonds. The Balaban J connectivity index is 1.60. The number of amides is 2. The lowest BCUT2D eigenvalue weighted by Gasteiger charge is -2.29. The topological polar surface area (TPSA) is 75.7 Å². The molecular weight excluding hydrogens is 368 g/mol. The number of nitrogens with zero attached hydrogens (tertiary/aromatic N) is 1. The second-order valence-corrected chi connectivity index (χ2v) is 7.08. The van der Waals surface area contributed by atoms with Crippen molar-refractivity contribution in [3.63, 3.8) is 0 Å². The monoisotopic (exact) mass is 384 g/mol. The minimum atomic E-state index is -0.882. The van der Waals surface area contributed by atoms with E-state index < -0.39 is 18.2 Å². The smallest absolute Gasteiger partial charge is 0.340 e. The Kier molecular flexibility index (Phi) is 4.36. The van der Waals surface area contributed by atoms with Crippen molar-refractivity contribution in [2.75, 3.05) is 5.32 Å². The van der Waals surface area contributed by atoms with Crippen molar-refractivity contribution in [3.05, 3.63) is 64.2 Å². The van der Waals surface area contributed by atoms with Crippen LogP contribution in [0.25, 0.3) is 0 Å². The molecular formula is C20H17ClN2O4. The van der Waals surface area contributed by atoms with Gasteiger partial charge in [0.1, 0.15) is 6.04 Å². The van der Waals surface area contributed by atoms with Gasteiger partial charge < -0.3 is 10.1 Å². The molecule has 2 aromatic carbocycles. The number of hydrogen-bond donors (Lipinski definition) is 1. The summed E-state index contributed by atoms with van der Waals surface area (Å²) in [5.74, 6) is -1.07. The average molecular weight is 385 g/mol. The molecule has 0 aromatic heterocycles. The van der Waals surface area contributed by atoms with Crippen molar-refractivity contribution in [1.82, 2.24) is 4.90 Å². The molecule has 1 fully saturated rings. The van der Waals surface area contributed by atoms with E-state index in [1.165, 1.54) is 4.90 Å². The maximum atomic E-state index is 12.9. The number of benzene rings is 2. The molecule has 2 aliphatic heterocycles. The minimum Gasteiger partial charge on any atom is -0.433 e. The van der Waals surface area contributed by atoms with Crippen molar-refractivity contribution < 1.29 is 19.1 Å². The molecule has 7 heteroatoms. The third-order valence-electron chi connectivity index (χ3n) is 4.86. The van der Waals surface area contributed by atoms with Crippen molar-refractivity contribution in [1.29, 1.82) is 0 Å². The zero-order valence-corrected chi connectivity index (χ0v) is 15.3. The number of cyclic esters (lactones) is 1. The molecule has 0 radical (unpaired) electrons. The minimum absolute atomic E-state index is 0.218. The number of likely N-dealkylation sites (tertiary alicyclic amines) is 1. The highest BCUT2D eigenvalue weighted by atomic mass is 35.5. The van der Waals surface area contributed by atoms with Gasteiger partial charge in [0, 0.05) is 12.0 Å². The zero-order valence-electron chi connectivity index (χ0n) is 14.6. The lowest BCUT2D eigenvalue weighted by atomic mass is 10.1. The van der Waals surface area contributed by atoms with Gasteiger partial charge in [-0.25, -0.2) is 4.79 Å². The summed E-state index contributed by atoms with van der Waals surface area (Å²) in [5.41, 5.74) is 2.48. The van der Waals surface area contributed by atoms with Crippen molar-refractivity contribution >= 4 is 35.1 Å². The summed E-state index contributed by atoms with van der Waals surface area (Å²) in [4.78, 5) is 38.8. The summed E-state index contributed by atoms with van der Waals surface area (Å²) in [6, 6.07) is 11.5. The molecule has 0 bridgehead atoms. The van der Waals surface area contributed by atoms with Crippen LogP contribution in [0.4, 0.5) is 5.69 Å². The Morgan fingerprint density at radius 1 is 1.22 bits per heavy atom. The predicted molar refractivity (Wildman–Crippen MR) is 99.3 cm³/mol. The Morgan fingerprint density at radius 2 is 2.00 bits per heavy atom. The van der Waals surface area contributed by atoms with Crippen LogP contribution in [-0.2, 0) is 14.3 Å². The first-order valence-corrected chi connectivity index (χ1v) is 9.01. The molecule has 0 unspecified atom stereocenters. The van der Waals surface area contributed by atoms with Gasteiger partial charge in [-0.05, 0) is 37.1 Å². The molecule has 2 atom stereocenters. The van der Waals surface area contributed by atoms with E-state index in [1.54, 1.807) is 36.4 Å². The molecule has 27 heavy (non-hydrogen) atoms. The molecule has 4 rings (SSSR count). The molecule has 1 saturated heterocycles. The average Bonchev–Trinajstić information content (AvgIpc) is 3.18. The summed E-state index contributed by atoms with van der Waals surface area (Å²) in [5, 5.41) is 3.21. The van der Waals surface area contributed by atoms with E-state index in [4.69, 9.17) is 16.3 Å². The summed E-state index contributed by atoms with van der Waals surface area (Å²) in [6.07, 6.45) is -0.312. The molecule has 138 valence electrons. The number of esters is 1. The number of carbonyl (C=O) groups excluding carboxylic acids is 3. The van der Waals surface area contributed by atoms with E-state index in [1.807, 2.05) is 13.0 Å². The van der Waals surface area contributed by atoms with Crippen LogP contribution in [0.3, 0.4) is 0 Å². The number of aryl methyl sites for hydroxylation is 1. The highest BCUT2D eigenvalue weighted by Gasteiger charge is 2.46. The highest BCUT2D eigenvalue weighted by molar-refractivity contribution is 6.33. The van der Waals surface area contributed by atoms with Gasteiger partial charge in [0.2, 0.25) is 18.0 Å². The molecule has 0 spiro atoms. The Hall–Kier alpha value is -2.86. The fourth-order valence-electron chi connectivity index (χ4n) is 3.52. The van der Waals surface area contributed by atoms with E-state index in [2.05, 4.69) is 5.32 Å². The standard InChI is InChI=1S/C20H17ClN2O4/c1-11-6-7-15(14(21)10-11)22-18(25)16-8-9-17(24)23(16)19-12-4-2-3-5-13(12)20(26)27-19/h2-7,10,16,19H,8-9H2,1H3,(H,22,25)/t16-,19+/m1/s1. The number of fused-ring (bicyclic) bond motifs is 1. The SMILES string of the molecule is Cc1ccc(NC(=O)[C@H]2CCC(=O)N2[C@H]2OC(=O)c3ccccc32)c(Cl)c1. The van der Waals surface area contributed by atoms with Gasteiger partial charge in [-0.1, -0.05) is 35.9 Å². The molecule has 2 heterocycles. The fourth-order valence-corrected chi connectivity index (χ4v) is 3.81. The van der Waals surface area contributed by atoms with Gasteiger partial charge in [0.25, 0.3) is 0 Å². The Labute approximate surface area is 161 Å². The van der Waals surface area contributed by atoms with Crippen LogP contribution in [0.5, 0.6) is 0 Å². The van der Waals surface area contributed by atoms with Gasteiger partial charge in [0.05, 0.1) is 16.3 Å². The first kappa shape index (κ1) is 17.5. The van der Waals surface area contributed by atoms with Crippen LogP contribution < -0.4 is 5.32 Å². The number of carbonyl (C=O) groups is 3. The van der Waals surface area contributed by atoms with Crippen LogP contribution in [0, 0.1) is 6.92 Å². The van der Waals surface area contributed by atoms with Crippen LogP contribution in [0.15, 0.2) is 42.5 Å². The van der Waals surface area contributed by atoms with E-state index >= 15 is 0 Å². The van der Waals surface area contributed by atoms with E-state index in [0.717, 1.165) is 5.56 Å². The fraction of sp³-hybridized carbons (Fsp3) is 0.250. The van der Waals surface area contributed by atoms with Crippen LogP contribution in [0.2, 0.25) is 5.02 Å². The number of rotatable bonds is 3. The number of nitrogens with one attached hydrogen (secondary N) is 1. The Morgan fingerprint density at radius 3 is 2.78 bits per heavy atom. The third kappa shape index (κ3) is 3.06. The van der Waals surface area contributed by atoms with E-state index in [0.29, 0.717) is 28.3 Å². The van der Waals surface area contributed by atoms with Crippen LogP contribution in [-0.4, -0.2) is 28.7 Å². The number of anilines is 1. The summed E-state index contributed by atoms with van der Waals surface area (Å²) >= 11 is 6.19. The summed E-state index contributed by atoms with van der Waals surface area (Å²) in [6.45, 7) is 1.90. The highest BCUT2D eigenvalue weighted by Crippen LogP contribution is 2.38. The molecule has 1 N–H and O–H groups in total. The van der Waals surface area contributed by atoms with Crippen LogP contribution >= 0.6 is 11.6 Å². The predicted octanol–water partition coefficient (Wildman–Crippen LogP) is 3.45. The Bertz CT molecular complexity index is 959. The number of hydrogen-bond acceptors (Lipinski definition) is 4. The van der Waals surface area contributed by atoms with E-state index in [-0.39, 0.29) is 18.2 Å². The molecule has 0 aliphatic carbocycles. The molecule has 0 saturated carbocycles.